The van der Waals surface area contributed by atoms with Crippen molar-refractivity contribution in [1.29, 1.82) is 0 Å². The number of anilines is 3. The molecule has 5 aromatic carbocycles. The molecule has 0 saturated carbocycles. The predicted octanol–water partition coefficient (Wildman–Crippen LogP) is 8.01. The lowest BCUT2D eigenvalue weighted by molar-refractivity contribution is 1.29. The van der Waals surface area contributed by atoms with Gasteiger partial charge in [0.05, 0.1) is 5.52 Å². The third-order valence-corrected chi connectivity index (χ3v) is 5.85. The summed E-state index contributed by atoms with van der Waals surface area (Å²) in [6.45, 7) is 0. The largest absolute Gasteiger partial charge is 0.310 e. The second-order valence-electron chi connectivity index (χ2n) is 7.72. The lowest BCUT2D eigenvalue weighted by Gasteiger charge is -2.25. The molecule has 6 aromatic rings. The van der Waals surface area contributed by atoms with Gasteiger partial charge in [0.1, 0.15) is 0 Å². The number of hydrogen-bond donors (Lipinski definition) is 0. The third-order valence-electron chi connectivity index (χ3n) is 5.85. The van der Waals surface area contributed by atoms with Crippen LogP contribution in [0.1, 0.15) is 0 Å². The highest BCUT2D eigenvalue weighted by atomic mass is 15.1. The first-order valence-corrected chi connectivity index (χ1v) is 10.5. The summed E-state index contributed by atoms with van der Waals surface area (Å²) in [6, 6.07) is 40.5. The number of para-hydroxylation sites is 2. The molecule has 0 N–H and O–H groups in total. The van der Waals surface area contributed by atoms with Gasteiger partial charge in [-0.15, -0.1) is 0 Å². The van der Waals surface area contributed by atoms with Crippen LogP contribution in [0.3, 0.4) is 0 Å². The number of hydrogen-bond acceptors (Lipinski definition) is 2. The van der Waals surface area contributed by atoms with Crippen LogP contribution in [0, 0.1) is 0 Å². The Morgan fingerprint density at radius 3 is 1.84 bits per heavy atom. The van der Waals surface area contributed by atoms with Crippen LogP contribution in [0.4, 0.5) is 17.1 Å². The summed E-state index contributed by atoms with van der Waals surface area (Å²) in [5, 5.41) is 5.97. The molecule has 0 saturated heterocycles. The van der Waals surface area contributed by atoms with Crippen LogP contribution in [-0.4, -0.2) is 4.98 Å². The fraction of sp³-hybridized carbons (Fsp3) is 0. The van der Waals surface area contributed by atoms with Crippen molar-refractivity contribution in [3.05, 3.63) is 121 Å². The van der Waals surface area contributed by atoms with Gasteiger partial charge in [0, 0.05) is 39.4 Å². The minimum Gasteiger partial charge on any atom is -0.310 e. The minimum atomic E-state index is 1.05. The van der Waals surface area contributed by atoms with Crippen LogP contribution >= 0.6 is 0 Å². The zero-order chi connectivity index (χ0) is 20.6. The first-order valence-electron chi connectivity index (χ1n) is 10.5. The Bertz CT molecular complexity index is 1480. The zero-order valence-corrected chi connectivity index (χ0v) is 16.9. The van der Waals surface area contributed by atoms with Gasteiger partial charge in [-0.2, -0.15) is 0 Å². The molecule has 2 nitrogen and oxygen atoms in total. The highest BCUT2D eigenvalue weighted by Gasteiger charge is 2.13. The average Bonchev–Trinajstić information content (AvgIpc) is 2.85. The van der Waals surface area contributed by atoms with Crippen molar-refractivity contribution in [2.45, 2.75) is 0 Å². The van der Waals surface area contributed by atoms with E-state index in [0.717, 1.165) is 22.6 Å². The quantitative estimate of drug-likeness (QED) is 0.282. The van der Waals surface area contributed by atoms with Gasteiger partial charge in [0.2, 0.25) is 0 Å². The molecule has 31 heavy (non-hydrogen) atoms. The Morgan fingerprint density at radius 2 is 1.10 bits per heavy atom. The van der Waals surface area contributed by atoms with Gasteiger partial charge >= 0.3 is 0 Å². The van der Waals surface area contributed by atoms with E-state index in [4.69, 9.17) is 4.98 Å². The second kappa shape index (κ2) is 7.26. The Hall–Kier alpha value is -4.17. The van der Waals surface area contributed by atoms with Crippen LogP contribution in [0.15, 0.2) is 121 Å². The van der Waals surface area contributed by atoms with E-state index in [-0.39, 0.29) is 0 Å². The van der Waals surface area contributed by atoms with E-state index in [2.05, 4.69) is 120 Å². The van der Waals surface area contributed by atoms with Crippen LogP contribution in [0.2, 0.25) is 0 Å². The number of nitrogens with zero attached hydrogens (tertiary/aromatic N) is 2. The van der Waals surface area contributed by atoms with Gasteiger partial charge in [-0.25, -0.2) is 0 Å². The average molecular weight is 396 g/mol. The minimum absolute atomic E-state index is 1.05. The lowest BCUT2D eigenvalue weighted by atomic mass is 10.0. The molecule has 0 aliphatic heterocycles. The van der Waals surface area contributed by atoms with Gasteiger partial charge in [0.25, 0.3) is 0 Å². The maximum atomic E-state index is 4.81. The highest BCUT2D eigenvalue weighted by Crippen LogP contribution is 2.37. The van der Waals surface area contributed by atoms with E-state index in [9.17, 15) is 0 Å². The smallest absolute Gasteiger partial charge is 0.0786 e. The Labute approximate surface area is 181 Å². The predicted molar refractivity (Wildman–Crippen MR) is 131 cm³/mol. The normalized spacial score (nSPS) is 11.2. The van der Waals surface area contributed by atoms with E-state index < -0.39 is 0 Å². The fourth-order valence-corrected chi connectivity index (χ4v) is 4.39. The number of benzene rings is 5. The highest BCUT2D eigenvalue weighted by molar-refractivity contribution is 6.15. The van der Waals surface area contributed by atoms with E-state index in [1.165, 1.54) is 26.9 Å². The molecule has 0 unspecified atom stereocenters. The molecular formula is C29H20N2. The van der Waals surface area contributed by atoms with E-state index in [1.54, 1.807) is 0 Å². The van der Waals surface area contributed by atoms with Gasteiger partial charge in [-0.3, -0.25) is 4.98 Å². The number of pyridine rings is 1. The first kappa shape index (κ1) is 17.7. The molecule has 0 fully saturated rings. The maximum absolute atomic E-state index is 4.81. The summed E-state index contributed by atoms with van der Waals surface area (Å²) in [5.41, 5.74) is 4.45. The summed E-state index contributed by atoms with van der Waals surface area (Å²) in [6.07, 6.45) is 1.98. The Balaban J connectivity index is 1.57. The molecular weight excluding hydrogens is 376 g/mol. The SMILES string of the molecule is c1ccc(N(c2ccccc2)c2ccc3c(ccc4c5ccccc5cnc34)c2)cc1. The molecule has 0 aliphatic rings. The summed E-state index contributed by atoms with van der Waals surface area (Å²) in [4.78, 5) is 7.10. The van der Waals surface area contributed by atoms with Crippen molar-refractivity contribution >= 4 is 49.5 Å². The van der Waals surface area contributed by atoms with Gasteiger partial charge < -0.3 is 4.90 Å². The molecule has 1 aromatic heterocycles. The molecule has 0 bridgehead atoms. The first-order chi connectivity index (χ1) is 15.4. The standard InChI is InChI=1S/C29H20N2/c1-3-10-23(11-4-1)31(24-12-5-2-6-13-24)25-16-18-27-21(19-25)15-17-28-26-14-8-7-9-22(26)20-30-29(27)28/h1-20H. The van der Waals surface area contributed by atoms with E-state index in [1.807, 2.05) is 6.20 Å². The van der Waals surface area contributed by atoms with E-state index in [0.29, 0.717) is 0 Å². The van der Waals surface area contributed by atoms with Crippen LogP contribution in [-0.2, 0) is 0 Å². The number of fused-ring (bicyclic) bond motifs is 5. The fourth-order valence-electron chi connectivity index (χ4n) is 4.39. The topological polar surface area (TPSA) is 16.1 Å². The summed E-state index contributed by atoms with van der Waals surface area (Å²) in [7, 11) is 0. The van der Waals surface area contributed by atoms with Crippen LogP contribution in [0.5, 0.6) is 0 Å². The van der Waals surface area contributed by atoms with Crippen LogP contribution in [0.25, 0.3) is 32.4 Å². The summed E-state index contributed by atoms with van der Waals surface area (Å²) < 4.78 is 0. The van der Waals surface area contributed by atoms with Crippen molar-refractivity contribution in [3.63, 3.8) is 0 Å². The molecule has 0 spiro atoms. The van der Waals surface area contributed by atoms with E-state index >= 15 is 0 Å². The molecule has 2 heteroatoms. The van der Waals surface area contributed by atoms with Gasteiger partial charge in [-0.1, -0.05) is 78.9 Å². The molecule has 0 radical (unpaired) electrons. The number of rotatable bonds is 3. The van der Waals surface area contributed by atoms with Crippen molar-refractivity contribution in [3.8, 4) is 0 Å². The van der Waals surface area contributed by atoms with Crippen molar-refractivity contribution in [2.75, 3.05) is 4.90 Å². The zero-order valence-electron chi connectivity index (χ0n) is 16.9. The maximum Gasteiger partial charge on any atom is 0.0786 e. The molecule has 146 valence electrons. The molecule has 0 atom stereocenters. The molecule has 0 aliphatic carbocycles. The number of aromatic nitrogens is 1. The van der Waals surface area contributed by atoms with Crippen LogP contribution < -0.4 is 4.90 Å². The lowest BCUT2D eigenvalue weighted by Crippen LogP contribution is -2.09. The van der Waals surface area contributed by atoms with Crippen molar-refractivity contribution in [2.24, 2.45) is 0 Å². The Kier molecular flexibility index (Phi) is 4.14. The van der Waals surface area contributed by atoms with Crippen molar-refractivity contribution < 1.29 is 0 Å². The van der Waals surface area contributed by atoms with Gasteiger partial charge in [-0.05, 0) is 47.2 Å². The Morgan fingerprint density at radius 1 is 0.452 bits per heavy atom. The summed E-state index contributed by atoms with van der Waals surface area (Å²) in [5.74, 6) is 0. The molecule has 6 rings (SSSR count). The molecule has 0 amide bonds. The van der Waals surface area contributed by atoms with Gasteiger partial charge in [0.15, 0.2) is 0 Å². The van der Waals surface area contributed by atoms with Crippen molar-refractivity contribution in [1.82, 2.24) is 4.98 Å². The monoisotopic (exact) mass is 396 g/mol. The second-order valence-corrected chi connectivity index (χ2v) is 7.72. The summed E-state index contributed by atoms with van der Waals surface area (Å²) >= 11 is 0. The molecule has 1 heterocycles. The third kappa shape index (κ3) is 3.01.